The molecule has 2 aliphatic rings. The lowest BCUT2D eigenvalue weighted by atomic mass is 9.72. The molecule has 2 aliphatic carbocycles. The fourth-order valence-electron chi connectivity index (χ4n) is 2.88. The predicted molar refractivity (Wildman–Crippen MR) is 169 cm³/mol. The Morgan fingerprint density at radius 2 is 0.800 bits per heavy atom. The maximum Gasteiger partial charge on any atom is -0.0132 e. The molecule has 2 saturated carbocycles. The molecule has 0 nitrogen and oxygen atoms in total. The Morgan fingerprint density at radius 3 is 0.914 bits per heavy atom. The average molecular weight is 493 g/mol. The lowest BCUT2D eigenvalue weighted by molar-refractivity contribution is 0.190. The van der Waals surface area contributed by atoms with Gasteiger partial charge in [-0.2, -0.15) is 0 Å². The molecule has 0 saturated heterocycles. The fraction of sp³-hybridized carbons (Fsp3) is 0.829. The van der Waals surface area contributed by atoms with Gasteiger partial charge in [-0.3, -0.25) is 0 Å². The van der Waals surface area contributed by atoms with Crippen LogP contribution < -0.4 is 0 Å². The molecule has 0 unspecified atom stereocenters. The van der Waals surface area contributed by atoms with Crippen LogP contribution in [-0.4, -0.2) is 0 Å². The minimum atomic E-state index is 0.293. The van der Waals surface area contributed by atoms with Crippen LogP contribution in [0.3, 0.4) is 0 Å². The van der Waals surface area contributed by atoms with Gasteiger partial charge in [0.15, 0.2) is 0 Å². The van der Waals surface area contributed by atoms with E-state index in [1.165, 1.54) is 76.2 Å². The number of hydrogen-bond acceptors (Lipinski definition) is 0. The number of benzene rings is 1. The Hall–Kier alpha value is -0.780. The van der Waals surface area contributed by atoms with Gasteiger partial charge in [0, 0.05) is 0 Å². The zero-order valence-corrected chi connectivity index (χ0v) is 27.7. The van der Waals surface area contributed by atoms with Crippen LogP contribution in [0.5, 0.6) is 0 Å². The van der Waals surface area contributed by atoms with Crippen LogP contribution >= 0.6 is 0 Å². The van der Waals surface area contributed by atoms with E-state index in [0.29, 0.717) is 10.8 Å². The van der Waals surface area contributed by atoms with Crippen LogP contribution in [0.4, 0.5) is 0 Å². The first-order valence-electron chi connectivity index (χ1n) is 15.2. The molecule has 1 aromatic rings. The van der Waals surface area contributed by atoms with Crippen molar-refractivity contribution in [3.8, 4) is 0 Å². The van der Waals surface area contributed by atoms with E-state index in [0.717, 1.165) is 5.41 Å². The molecular weight excluding hydrogens is 420 g/mol. The summed E-state index contributed by atoms with van der Waals surface area (Å²) in [5.41, 5.74) is 2.91. The predicted octanol–water partition coefficient (Wildman–Crippen LogP) is 13.4. The molecule has 0 spiro atoms. The normalized spacial score (nSPS) is 15.3. The van der Waals surface area contributed by atoms with E-state index < -0.39 is 0 Å². The molecule has 212 valence electrons. The summed E-state index contributed by atoms with van der Waals surface area (Å²) >= 11 is 0. The van der Waals surface area contributed by atoms with Gasteiger partial charge in [-0.1, -0.05) is 192 Å². The molecule has 0 heteroatoms. The van der Waals surface area contributed by atoms with Crippen molar-refractivity contribution < 1.29 is 0 Å². The molecule has 0 aliphatic heterocycles. The third-order valence-corrected chi connectivity index (χ3v) is 4.85. The monoisotopic (exact) mass is 493 g/mol. The zero-order valence-electron chi connectivity index (χ0n) is 27.7. The smallest absolute Gasteiger partial charge is 0.0132 e. The standard InChI is InChI=1S/C10H14.2C6H12.C5H12.2C3H8.C2H6/c1-10(2,3)9-7-5-4-6-8-9;1-6(2)4-3-5-6;1-2-4-6-5-3-1;1-5(2,3)4;2*1-3-2;1-2/h4-8H,1-3H3;3-5H2,1-2H3;1-6H2;1-4H3;2*3H2,1-2H3;1-2H3. The third kappa shape index (κ3) is 43.7. The summed E-state index contributed by atoms with van der Waals surface area (Å²) in [5, 5.41) is 0. The molecule has 0 amide bonds. The van der Waals surface area contributed by atoms with E-state index in [2.05, 4.69) is 120 Å². The minimum Gasteiger partial charge on any atom is -0.0683 e. The van der Waals surface area contributed by atoms with Crippen molar-refractivity contribution in [1.29, 1.82) is 0 Å². The van der Waals surface area contributed by atoms with Gasteiger partial charge in [0.2, 0.25) is 0 Å². The van der Waals surface area contributed by atoms with Gasteiger partial charge < -0.3 is 0 Å². The Kier molecular flexibility index (Phi) is 31.1. The molecule has 0 radical (unpaired) electrons. The Morgan fingerprint density at radius 1 is 0.571 bits per heavy atom. The van der Waals surface area contributed by atoms with Crippen molar-refractivity contribution in [2.75, 3.05) is 0 Å². The minimum absolute atomic E-state index is 0.293. The van der Waals surface area contributed by atoms with Crippen LogP contribution in [-0.2, 0) is 5.41 Å². The second kappa shape index (κ2) is 26.3. The summed E-state index contributed by atoms with van der Waals surface area (Å²) in [6, 6.07) is 10.6. The van der Waals surface area contributed by atoms with Gasteiger partial charge in [0.05, 0.1) is 0 Å². The average Bonchev–Trinajstić information content (AvgIpc) is 2.76. The van der Waals surface area contributed by atoms with Gasteiger partial charge in [-0.15, -0.1) is 0 Å². The highest BCUT2D eigenvalue weighted by atomic mass is 14.3. The van der Waals surface area contributed by atoms with Gasteiger partial charge in [-0.25, -0.2) is 0 Å². The topological polar surface area (TPSA) is 0 Å². The van der Waals surface area contributed by atoms with Crippen LogP contribution in [0.1, 0.15) is 180 Å². The fourth-order valence-corrected chi connectivity index (χ4v) is 2.88. The van der Waals surface area contributed by atoms with Gasteiger partial charge in [0.1, 0.15) is 0 Å². The van der Waals surface area contributed by atoms with E-state index in [1.54, 1.807) is 0 Å². The summed E-state index contributed by atoms with van der Waals surface area (Å²) in [5.74, 6) is 0. The highest BCUT2D eigenvalue weighted by molar-refractivity contribution is 5.21. The van der Waals surface area contributed by atoms with Crippen LogP contribution in [0, 0.1) is 10.8 Å². The van der Waals surface area contributed by atoms with Crippen molar-refractivity contribution >= 4 is 0 Å². The second-order valence-corrected chi connectivity index (χ2v) is 13.2. The Labute approximate surface area is 226 Å². The molecule has 0 heterocycles. The highest BCUT2D eigenvalue weighted by Crippen LogP contribution is 2.38. The molecule has 0 aromatic heterocycles. The van der Waals surface area contributed by atoms with E-state index in [4.69, 9.17) is 0 Å². The molecular formula is C35H72. The van der Waals surface area contributed by atoms with Crippen molar-refractivity contribution in [2.24, 2.45) is 10.8 Å². The Balaban J connectivity index is -0.000000171. The SMILES string of the molecule is C1CCCCC1.CC.CC(C)(C)C.CC(C)(C)c1ccccc1.CC1(C)CCC1.CCC.CCC. The summed E-state index contributed by atoms with van der Waals surface area (Å²) in [6.07, 6.45) is 15.9. The molecule has 3 rings (SSSR count). The lowest BCUT2D eigenvalue weighted by Crippen LogP contribution is -2.20. The molecule has 0 N–H and O–H groups in total. The molecule has 2 fully saturated rings. The second-order valence-electron chi connectivity index (χ2n) is 13.2. The summed E-state index contributed by atoms with van der Waals surface area (Å²) in [4.78, 5) is 0. The van der Waals surface area contributed by atoms with E-state index in [1.807, 2.05) is 13.8 Å². The van der Waals surface area contributed by atoms with E-state index in [9.17, 15) is 0 Å². The first-order chi connectivity index (χ1) is 16.1. The maximum absolute atomic E-state index is 2.33. The largest absolute Gasteiger partial charge is 0.0683 e. The molecule has 0 bridgehead atoms. The number of rotatable bonds is 0. The molecule has 35 heavy (non-hydrogen) atoms. The van der Waals surface area contributed by atoms with Crippen LogP contribution in [0.2, 0.25) is 0 Å². The van der Waals surface area contributed by atoms with Gasteiger partial charge in [-0.05, 0) is 34.7 Å². The van der Waals surface area contributed by atoms with Crippen molar-refractivity contribution in [2.45, 2.75) is 180 Å². The first-order valence-corrected chi connectivity index (χ1v) is 15.2. The lowest BCUT2D eigenvalue weighted by Gasteiger charge is -2.33. The van der Waals surface area contributed by atoms with Gasteiger partial charge >= 0.3 is 0 Å². The van der Waals surface area contributed by atoms with Crippen molar-refractivity contribution in [3.63, 3.8) is 0 Å². The molecule has 0 atom stereocenters. The quantitative estimate of drug-likeness (QED) is 0.337. The first kappa shape index (κ1) is 41.4. The highest BCUT2D eigenvalue weighted by Gasteiger charge is 2.25. The van der Waals surface area contributed by atoms with Crippen LogP contribution in [0.15, 0.2) is 30.3 Å². The van der Waals surface area contributed by atoms with E-state index >= 15 is 0 Å². The summed E-state index contributed by atoms with van der Waals surface area (Å²) in [6.45, 7) is 32.6. The molecule has 1 aromatic carbocycles. The van der Waals surface area contributed by atoms with Gasteiger partial charge in [0.25, 0.3) is 0 Å². The summed E-state index contributed by atoms with van der Waals surface area (Å²) in [7, 11) is 0. The Bertz CT molecular complexity index is 452. The maximum atomic E-state index is 2.33. The van der Waals surface area contributed by atoms with E-state index in [-0.39, 0.29) is 0 Å². The third-order valence-electron chi connectivity index (χ3n) is 4.85. The summed E-state index contributed by atoms with van der Waals surface area (Å²) < 4.78 is 0. The number of hydrogen-bond donors (Lipinski definition) is 0. The van der Waals surface area contributed by atoms with Crippen LogP contribution in [0.25, 0.3) is 0 Å². The zero-order chi connectivity index (χ0) is 28.4. The van der Waals surface area contributed by atoms with Crippen molar-refractivity contribution in [1.82, 2.24) is 0 Å². The van der Waals surface area contributed by atoms with Crippen molar-refractivity contribution in [3.05, 3.63) is 35.9 Å².